The third-order valence-corrected chi connectivity index (χ3v) is 2.75. The van der Waals surface area contributed by atoms with Gasteiger partial charge in [0.15, 0.2) is 0 Å². The molecule has 1 saturated carbocycles. The topological polar surface area (TPSA) is 77.2 Å². The van der Waals surface area contributed by atoms with Crippen LogP contribution in [0.2, 0.25) is 0 Å². The largest absolute Gasteiger partial charge is 0.467 e. The predicted octanol–water partition coefficient (Wildman–Crippen LogP) is 1.09. The van der Waals surface area contributed by atoms with E-state index in [-0.39, 0.29) is 12.0 Å². The minimum Gasteiger partial charge on any atom is -0.467 e. The summed E-state index contributed by atoms with van der Waals surface area (Å²) in [4.78, 5) is 14.5. The highest BCUT2D eigenvalue weighted by atomic mass is 16.5. The van der Waals surface area contributed by atoms with E-state index in [9.17, 15) is 0 Å². The molecular formula is C11H19N5O. The normalized spacial score (nSPS) is 14.7. The van der Waals surface area contributed by atoms with Gasteiger partial charge in [-0.25, -0.2) is 0 Å². The number of methoxy groups -OCH3 is 1. The third kappa shape index (κ3) is 3.18. The Bertz CT molecular complexity index is 380. The molecule has 1 aromatic heterocycles. The van der Waals surface area contributed by atoms with Gasteiger partial charge in [0, 0.05) is 13.1 Å². The molecule has 6 heteroatoms. The van der Waals surface area contributed by atoms with Crippen LogP contribution in [0, 0.1) is 5.92 Å². The van der Waals surface area contributed by atoms with Gasteiger partial charge >= 0.3 is 6.01 Å². The first-order valence-electron chi connectivity index (χ1n) is 6.03. The van der Waals surface area contributed by atoms with Crippen molar-refractivity contribution in [1.29, 1.82) is 0 Å². The van der Waals surface area contributed by atoms with E-state index in [4.69, 9.17) is 10.5 Å². The first-order chi connectivity index (χ1) is 8.22. The molecule has 2 rings (SSSR count). The molecule has 6 nitrogen and oxygen atoms in total. The molecule has 0 unspecified atom stereocenters. The maximum absolute atomic E-state index is 5.65. The van der Waals surface area contributed by atoms with Crippen molar-refractivity contribution in [3.05, 3.63) is 0 Å². The molecule has 0 amide bonds. The van der Waals surface area contributed by atoms with E-state index in [2.05, 4.69) is 26.8 Å². The average molecular weight is 237 g/mol. The Balaban J connectivity index is 2.17. The fourth-order valence-electron chi connectivity index (χ4n) is 1.75. The number of nitrogens with zero attached hydrogens (tertiary/aromatic N) is 4. The summed E-state index contributed by atoms with van der Waals surface area (Å²) in [5.74, 6) is 1.62. The molecule has 0 spiro atoms. The molecule has 0 atom stereocenters. The minimum absolute atomic E-state index is 0.212. The van der Waals surface area contributed by atoms with Crippen LogP contribution in [-0.4, -0.2) is 35.2 Å². The molecule has 2 N–H and O–H groups in total. The van der Waals surface area contributed by atoms with Crippen molar-refractivity contribution >= 4 is 11.9 Å². The second-order valence-corrected chi connectivity index (χ2v) is 4.37. The van der Waals surface area contributed by atoms with Crippen LogP contribution in [0.3, 0.4) is 0 Å². The van der Waals surface area contributed by atoms with Crippen molar-refractivity contribution in [3.63, 3.8) is 0 Å². The summed E-state index contributed by atoms with van der Waals surface area (Å²) < 4.78 is 5.02. The number of aromatic nitrogens is 3. The van der Waals surface area contributed by atoms with Crippen molar-refractivity contribution in [2.24, 2.45) is 5.92 Å². The number of nitrogens with two attached hydrogens (primary N) is 1. The zero-order valence-electron chi connectivity index (χ0n) is 10.4. The van der Waals surface area contributed by atoms with E-state index in [0.717, 1.165) is 25.4 Å². The van der Waals surface area contributed by atoms with Crippen molar-refractivity contribution < 1.29 is 4.74 Å². The van der Waals surface area contributed by atoms with Gasteiger partial charge in [0.05, 0.1) is 7.11 Å². The summed E-state index contributed by atoms with van der Waals surface area (Å²) in [6, 6.07) is 0.282. The molecule has 0 bridgehead atoms. The zero-order chi connectivity index (χ0) is 12.3. The van der Waals surface area contributed by atoms with Crippen molar-refractivity contribution in [2.45, 2.75) is 26.2 Å². The predicted molar refractivity (Wildman–Crippen MR) is 66.0 cm³/mol. The molecule has 0 saturated heterocycles. The van der Waals surface area contributed by atoms with Crippen LogP contribution >= 0.6 is 0 Å². The Hall–Kier alpha value is -1.59. The van der Waals surface area contributed by atoms with Crippen molar-refractivity contribution in [2.75, 3.05) is 30.8 Å². The lowest BCUT2D eigenvalue weighted by atomic mass is 10.3. The maximum Gasteiger partial charge on any atom is 0.322 e. The number of hydrogen-bond acceptors (Lipinski definition) is 6. The number of nitrogen functional groups attached to an aromatic ring is 1. The van der Waals surface area contributed by atoms with Crippen molar-refractivity contribution in [3.8, 4) is 6.01 Å². The van der Waals surface area contributed by atoms with Gasteiger partial charge in [-0.05, 0) is 25.2 Å². The van der Waals surface area contributed by atoms with E-state index in [0.29, 0.717) is 5.95 Å². The molecule has 0 aliphatic heterocycles. The second kappa shape index (κ2) is 5.16. The summed E-state index contributed by atoms with van der Waals surface area (Å²) >= 11 is 0. The van der Waals surface area contributed by atoms with Crippen molar-refractivity contribution in [1.82, 2.24) is 15.0 Å². The average Bonchev–Trinajstić information content (AvgIpc) is 3.11. The van der Waals surface area contributed by atoms with Gasteiger partial charge < -0.3 is 15.4 Å². The van der Waals surface area contributed by atoms with E-state index in [1.54, 1.807) is 0 Å². The van der Waals surface area contributed by atoms with Gasteiger partial charge in [-0.2, -0.15) is 15.0 Å². The molecule has 1 aliphatic carbocycles. The Morgan fingerprint density at radius 2 is 2.12 bits per heavy atom. The van der Waals surface area contributed by atoms with E-state index < -0.39 is 0 Å². The number of hydrogen-bond donors (Lipinski definition) is 1. The molecule has 0 aromatic carbocycles. The molecule has 1 fully saturated rings. The van der Waals surface area contributed by atoms with Crippen LogP contribution in [0.5, 0.6) is 6.01 Å². The summed E-state index contributed by atoms with van der Waals surface area (Å²) in [5, 5.41) is 0. The number of anilines is 2. The highest BCUT2D eigenvalue weighted by Crippen LogP contribution is 2.31. The van der Waals surface area contributed by atoms with Crippen LogP contribution in [0.15, 0.2) is 0 Å². The monoisotopic (exact) mass is 237 g/mol. The fourth-order valence-corrected chi connectivity index (χ4v) is 1.75. The first kappa shape index (κ1) is 11.9. The highest BCUT2D eigenvalue weighted by Gasteiger charge is 2.25. The minimum atomic E-state index is 0.212. The van der Waals surface area contributed by atoms with Crippen LogP contribution in [0.4, 0.5) is 11.9 Å². The number of ether oxygens (including phenoxy) is 1. The summed E-state index contributed by atoms with van der Waals surface area (Å²) in [7, 11) is 1.53. The Morgan fingerprint density at radius 3 is 2.71 bits per heavy atom. The molecule has 94 valence electrons. The molecule has 1 heterocycles. The SMILES string of the molecule is CCCN(CC1CC1)c1nc(N)nc(OC)n1. The van der Waals surface area contributed by atoms with Gasteiger partial charge in [0.1, 0.15) is 0 Å². The maximum atomic E-state index is 5.65. The fraction of sp³-hybridized carbons (Fsp3) is 0.727. The zero-order valence-corrected chi connectivity index (χ0v) is 10.4. The Morgan fingerprint density at radius 1 is 1.35 bits per heavy atom. The summed E-state index contributed by atoms with van der Waals surface area (Å²) in [6.45, 7) is 4.07. The first-order valence-corrected chi connectivity index (χ1v) is 6.03. The summed E-state index contributed by atoms with van der Waals surface area (Å²) in [6.07, 6.45) is 3.66. The lowest BCUT2D eigenvalue weighted by Gasteiger charge is -2.21. The molecule has 1 aromatic rings. The van der Waals surface area contributed by atoms with Gasteiger partial charge in [-0.15, -0.1) is 0 Å². The van der Waals surface area contributed by atoms with Crippen LogP contribution in [0.25, 0.3) is 0 Å². The molecule has 17 heavy (non-hydrogen) atoms. The number of rotatable bonds is 6. The van der Waals surface area contributed by atoms with E-state index >= 15 is 0 Å². The third-order valence-electron chi connectivity index (χ3n) is 2.75. The Labute approximate surface area is 101 Å². The summed E-state index contributed by atoms with van der Waals surface area (Å²) in [5.41, 5.74) is 5.65. The highest BCUT2D eigenvalue weighted by molar-refractivity contribution is 5.36. The van der Waals surface area contributed by atoms with Gasteiger partial charge in [-0.1, -0.05) is 6.92 Å². The van der Waals surface area contributed by atoms with Crippen LogP contribution in [0.1, 0.15) is 26.2 Å². The van der Waals surface area contributed by atoms with E-state index in [1.165, 1.54) is 20.0 Å². The quantitative estimate of drug-likeness (QED) is 0.798. The van der Waals surface area contributed by atoms with Crippen LogP contribution in [-0.2, 0) is 0 Å². The lowest BCUT2D eigenvalue weighted by Crippen LogP contribution is -2.29. The van der Waals surface area contributed by atoms with Gasteiger partial charge in [0.2, 0.25) is 11.9 Å². The molecule has 0 radical (unpaired) electrons. The van der Waals surface area contributed by atoms with E-state index in [1.807, 2.05) is 0 Å². The van der Waals surface area contributed by atoms with Gasteiger partial charge in [0.25, 0.3) is 0 Å². The van der Waals surface area contributed by atoms with Crippen LogP contribution < -0.4 is 15.4 Å². The molecule has 1 aliphatic rings. The van der Waals surface area contributed by atoms with Gasteiger partial charge in [-0.3, -0.25) is 0 Å². The standard InChI is InChI=1S/C11H19N5O/c1-3-6-16(7-8-4-5-8)10-13-9(12)14-11(15-10)17-2/h8H,3-7H2,1-2H3,(H2,12,13,14,15). The lowest BCUT2D eigenvalue weighted by molar-refractivity contribution is 0.378. The Kier molecular flexibility index (Phi) is 3.61. The smallest absolute Gasteiger partial charge is 0.322 e. The molecular weight excluding hydrogens is 218 g/mol. The second-order valence-electron chi connectivity index (χ2n) is 4.37.